The first-order chi connectivity index (χ1) is 5.27. The number of fused-ring (bicyclic) bond motifs is 1. The maximum absolute atomic E-state index is 3.56. The fourth-order valence-electron chi connectivity index (χ4n) is 2.15. The van der Waals surface area contributed by atoms with Crippen LogP contribution in [0.15, 0.2) is 23.8 Å². The van der Waals surface area contributed by atoms with Crippen molar-refractivity contribution in [3.63, 3.8) is 0 Å². The average Bonchev–Trinajstić information content (AvgIpc) is 2.31. The van der Waals surface area contributed by atoms with Gasteiger partial charge in [-0.2, -0.15) is 0 Å². The molecule has 0 aromatic rings. The van der Waals surface area contributed by atoms with Crippen molar-refractivity contribution in [2.45, 2.75) is 20.3 Å². The van der Waals surface area contributed by atoms with Crippen LogP contribution in [0.3, 0.4) is 0 Å². The van der Waals surface area contributed by atoms with Crippen molar-refractivity contribution in [1.82, 2.24) is 0 Å². The summed E-state index contributed by atoms with van der Waals surface area (Å²) in [5, 5.41) is 0. The highest BCUT2D eigenvalue weighted by molar-refractivity contribution is 5.26. The molecule has 0 nitrogen and oxygen atoms in total. The van der Waals surface area contributed by atoms with Crippen molar-refractivity contribution in [2.24, 2.45) is 17.8 Å². The molecule has 0 spiro atoms. The Morgan fingerprint density at radius 1 is 1.55 bits per heavy atom. The lowest BCUT2D eigenvalue weighted by molar-refractivity contribution is 0.532. The van der Waals surface area contributed by atoms with E-state index in [2.05, 4.69) is 38.5 Å². The maximum Gasteiger partial charge on any atom is -0.00615 e. The molecule has 0 heteroatoms. The molecule has 0 bridgehead atoms. The summed E-state index contributed by atoms with van der Waals surface area (Å²) in [5.41, 5.74) is 1.54. The Morgan fingerprint density at radius 2 is 2.36 bits per heavy atom. The van der Waals surface area contributed by atoms with E-state index in [1.54, 1.807) is 0 Å². The molecule has 0 heterocycles. The predicted molar refractivity (Wildman–Crippen MR) is 46.9 cm³/mol. The molecule has 2 radical (unpaired) electrons. The fourth-order valence-corrected chi connectivity index (χ4v) is 2.15. The van der Waals surface area contributed by atoms with E-state index in [4.69, 9.17) is 0 Å². The van der Waals surface area contributed by atoms with Gasteiger partial charge in [-0.05, 0) is 37.5 Å². The summed E-state index contributed by atoms with van der Waals surface area (Å²) in [6.07, 6.45) is 11.5. The number of hydrogen-bond donors (Lipinski definition) is 0. The van der Waals surface area contributed by atoms with Gasteiger partial charge >= 0.3 is 0 Å². The Balaban J connectivity index is 2.21. The molecule has 0 saturated heterocycles. The van der Waals surface area contributed by atoms with Gasteiger partial charge in [-0.3, -0.25) is 0 Å². The normalized spacial score (nSPS) is 42.0. The molecule has 2 rings (SSSR count). The van der Waals surface area contributed by atoms with Crippen LogP contribution in [0.25, 0.3) is 0 Å². The molecule has 3 atom stereocenters. The summed E-state index contributed by atoms with van der Waals surface area (Å²) < 4.78 is 0. The molecule has 11 heavy (non-hydrogen) atoms. The summed E-state index contributed by atoms with van der Waals surface area (Å²) in [6, 6.07) is 0. The molecule has 2 aliphatic carbocycles. The first-order valence-electron chi connectivity index (χ1n) is 4.38. The summed E-state index contributed by atoms with van der Waals surface area (Å²) in [6.45, 7) is 4.50. The molecule has 0 aromatic carbocycles. The summed E-state index contributed by atoms with van der Waals surface area (Å²) >= 11 is 0. The molecule has 2 aliphatic rings. The summed E-state index contributed by atoms with van der Waals surface area (Å²) in [4.78, 5) is 0. The zero-order valence-corrected chi connectivity index (χ0v) is 7.17. The second-order valence-corrected chi connectivity index (χ2v) is 3.73. The topological polar surface area (TPSA) is 0 Å². The SMILES string of the molecule is CC1=CC=CC2[C]C(C)CC12. The molecule has 1 fully saturated rings. The van der Waals surface area contributed by atoms with Crippen LogP contribution in [0, 0.1) is 24.2 Å². The Labute approximate surface area is 69.0 Å². The Bertz CT molecular complexity index is 210. The average molecular weight is 146 g/mol. The first kappa shape index (κ1) is 7.15. The van der Waals surface area contributed by atoms with Crippen LogP contribution in [0.2, 0.25) is 0 Å². The molecule has 1 saturated carbocycles. The van der Waals surface area contributed by atoms with Crippen LogP contribution in [-0.2, 0) is 0 Å². The lowest BCUT2D eigenvalue weighted by Crippen LogP contribution is -2.09. The number of rotatable bonds is 0. The smallest absolute Gasteiger partial charge is 0.00615 e. The van der Waals surface area contributed by atoms with E-state index in [1.807, 2.05) is 0 Å². The molecule has 3 unspecified atom stereocenters. The van der Waals surface area contributed by atoms with Crippen LogP contribution < -0.4 is 0 Å². The standard InChI is InChI=1S/C11H14/c1-8-6-10-5-3-4-9(2)11(10)7-8/h3-5,8,10-11H,7H2,1-2H3. The fraction of sp³-hybridized carbons (Fsp3) is 0.545. The predicted octanol–water partition coefficient (Wildman–Crippen LogP) is 2.86. The largest absolute Gasteiger partial charge is 0.0802 e. The van der Waals surface area contributed by atoms with Crippen LogP contribution in [0.4, 0.5) is 0 Å². The third-order valence-electron chi connectivity index (χ3n) is 2.78. The lowest BCUT2D eigenvalue weighted by Gasteiger charge is -2.19. The van der Waals surface area contributed by atoms with E-state index in [9.17, 15) is 0 Å². The Kier molecular flexibility index (Phi) is 1.63. The molecule has 0 N–H and O–H groups in total. The van der Waals surface area contributed by atoms with Gasteiger partial charge in [-0.1, -0.05) is 30.7 Å². The van der Waals surface area contributed by atoms with Gasteiger partial charge in [0.15, 0.2) is 0 Å². The van der Waals surface area contributed by atoms with E-state index in [-0.39, 0.29) is 0 Å². The van der Waals surface area contributed by atoms with Crippen molar-refractivity contribution in [3.05, 3.63) is 30.2 Å². The van der Waals surface area contributed by atoms with E-state index >= 15 is 0 Å². The third-order valence-corrected chi connectivity index (χ3v) is 2.78. The third kappa shape index (κ3) is 1.15. The maximum atomic E-state index is 3.56. The van der Waals surface area contributed by atoms with Gasteiger partial charge in [-0.25, -0.2) is 0 Å². The Morgan fingerprint density at radius 3 is 3.09 bits per heavy atom. The highest BCUT2D eigenvalue weighted by Gasteiger charge is 2.32. The zero-order chi connectivity index (χ0) is 7.84. The Hall–Kier alpha value is -0.520. The summed E-state index contributed by atoms with van der Waals surface area (Å²) in [5.74, 6) is 2.08. The monoisotopic (exact) mass is 146 g/mol. The second kappa shape index (κ2) is 2.51. The molecule has 0 amide bonds. The van der Waals surface area contributed by atoms with Crippen LogP contribution >= 0.6 is 0 Å². The van der Waals surface area contributed by atoms with Crippen LogP contribution in [-0.4, -0.2) is 0 Å². The van der Waals surface area contributed by atoms with Gasteiger partial charge in [0.1, 0.15) is 0 Å². The second-order valence-electron chi connectivity index (χ2n) is 3.73. The number of hydrogen-bond acceptors (Lipinski definition) is 0. The number of allylic oxidation sites excluding steroid dienone is 4. The van der Waals surface area contributed by atoms with E-state index in [1.165, 1.54) is 12.0 Å². The molecule has 0 aliphatic heterocycles. The van der Waals surface area contributed by atoms with E-state index in [0.29, 0.717) is 11.8 Å². The van der Waals surface area contributed by atoms with Gasteiger partial charge < -0.3 is 0 Å². The molecule has 58 valence electrons. The first-order valence-corrected chi connectivity index (χ1v) is 4.38. The minimum Gasteiger partial charge on any atom is -0.0802 e. The molecule has 0 aromatic heterocycles. The van der Waals surface area contributed by atoms with E-state index < -0.39 is 0 Å². The van der Waals surface area contributed by atoms with Crippen molar-refractivity contribution < 1.29 is 0 Å². The van der Waals surface area contributed by atoms with Gasteiger partial charge in [0.05, 0.1) is 0 Å². The van der Waals surface area contributed by atoms with Gasteiger partial charge in [0.25, 0.3) is 0 Å². The lowest BCUT2D eigenvalue weighted by atomic mass is 9.86. The quantitative estimate of drug-likeness (QED) is 0.493. The minimum atomic E-state index is 0.620. The molecular formula is C11H14. The van der Waals surface area contributed by atoms with Crippen LogP contribution in [0.5, 0.6) is 0 Å². The van der Waals surface area contributed by atoms with Crippen molar-refractivity contribution in [2.75, 3.05) is 0 Å². The van der Waals surface area contributed by atoms with Gasteiger partial charge in [0, 0.05) is 0 Å². The van der Waals surface area contributed by atoms with Gasteiger partial charge in [0.2, 0.25) is 0 Å². The highest BCUT2D eigenvalue weighted by atomic mass is 14.4. The zero-order valence-electron chi connectivity index (χ0n) is 7.17. The van der Waals surface area contributed by atoms with Crippen molar-refractivity contribution in [1.29, 1.82) is 0 Å². The molecular weight excluding hydrogens is 132 g/mol. The van der Waals surface area contributed by atoms with Gasteiger partial charge in [-0.15, -0.1) is 0 Å². The van der Waals surface area contributed by atoms with Crippen LogP contribution in [0.1, 0.15) is 20.3 Å². The van der Waals surface area contributed by atoms with Crippen molar-refractivity contribution in [3.8, 4) is 0 Å². The summed E-state index contributed by atoms with van der Waals surface area (Å²) in [7, 11) is 0. The van der Waals surface area contributed by atoms with Crippen molar-refractivity contribution >= 4 is 0 Å². The minimum absolute atomic E-state index is 0.620. The van der Waals surface area contributed by atoms with E-state index in [0.717, 1.165) is 5.92 Å². The highest BCUT2D eigenvalue weighted by Crippen LogP contribution is 2.41.